The first-order valence-electron chi connectivity index (χ1n) is 3.77. The van der Waals surface area contributed by atoms with Gasteiger partial charge in [-0.2, -0.15) is 0 Å². The summed E-state index contributed by atoms with van der Waals surface area (Å²) in [6, 6.07) is 9.01. The molecule has 1 aromatic rings. The van der Waals surface area contributed by atoms with E-state index in [2.05, 4.69) is 5.32 Å². The first-order valence-corrected chi connectivity index (χ1v) is 3.77. The molecule has 0 fully saturated rings. The summed E-state index contributed by atoms with van der Waals surface area (Å²) in [5.74, 6) is -0.358. The van der Waals surface area contributed by atoms with E-state index in [4.69, 9.17) is 5.73 Å². The number of hydrogen-bond acceptors (Lipinski definition) is 2. The number of likely N-dealkylation sites (N-methyl/N-ethyl adjacent to an activating group) is 1. The number of primary amides is 1. The van der Waals surface area contributed by atoms with Crippen molar-refractivity contribution in [2.75, 3.05) is 7.05 Å². The summed E-state index contributed by atoms with van der Waals surface area (Å²) in [5.41, 5.74) is 6.07. The summed E-state index contributed by atoms with van der Waals surface area (Å²) in [6.45, 7) is 0. The average Bonchev–Trinajstić information content (AvgIpc) is 2.07. The molecule has 0 saturated heterocycles. The Bertz CT molecular complexity index is 258. The number of amides is 1. The second kappa shape index (κ2) is 3.88. The van der Waals surface area contributed by atoms with Crippen LogP contribution in [0.3, 0.4) is 0 Å². The lowest BCUT2D eigenvalue weighted by Crippen LogP contribution is -2.31. The highest BCUT2D eigenvalue weighted by molar-refractivity contribution is 5.81. The summed E-state index contributed by atoms with van der Waals surface area (Å²) in [7, 11) is 1.71. The highest BCUT2D eigenvalue weighted by atomic mass is 16.1. The summed E-state index contributed by atoms with van der Waals surface area (Å²) in [5, 5.41) is 2.84. The summed E-state index contributed by atoms with van der Waals surface area (Å²) < 4.78 is 0. The number of nitrogens with two attached hydrogens (primary N) is 1. The largest absolute Gasteiger partial charge is 0.368 e. The Morgan fingerprint density at radius 3 is 2.42 bits per heavy atom. The third-order valence-electron chi connectivity index (χ3n) is 1.71. The van der Waals surface area contributed by atoms with E-state index in [0.717, 1.165) is 5.56 Å². The number of hydrogen-bond donors (Lipinski definition) is 2. The Hall–Kier alpha value is -1.35. The van der Waals surface area contributed by atoms with E-state index in [-0.39, 0.29) is 11.9 Å². The Balaban J connectivity index is 2.88. The molecule has 0 saturated carbocycles. The van der Waals surface area contributed by atoms with Crippen LogP contribution in [0.4, 0.5) is 0 Å². The first kappa shape index (κ1) is 8.74. The minimum absolute atomic E-state index is 0.358. The molecule has 0 aliphatic rings. The lowest BCUT2D eigenvalue weighted by molar-refractivity contribution is -0.120. The van der Waals surface area contributed by atoms with Gasteiger partial charge in [-0.15, -0.1) is 0 Å². The van der Waals surface area contributed by atoms with E-state index in [9.17, 15) is 4.79 Å². The summed E-state index contributed by atoms with van der Waals surface area (Å²) in [4.78, 5) is 10.9. The minimum atomic E-state index is -0.383. The molecule has 0 aliphatic carbocycles. The van der Waals surface area contributed by atoms with Gasteiger partial charge < -0.3 is 11.1 Å². The average molecular weight is 164 g/mol. The molecule has 0 heterocycles. The zero-order chi connectivity index (χ0) is 8.97. The number of carbonyl (C=O) groups is 1. The Kier molecular flexibility index (Phi) is 2.82. The van der Waals surface area contributed by atoms with Gasteiger partial charge >= 0.3 is 0 Å². The van der Waals surface area contributed by atoms with Crippen molar-refractivity contribution in [2.24, 2.45) is 5.73 Å². The van der Waals surface area contributed by atoms with Crippen LogP contribution in [0.25, 0.3) is 0 Å². The molecule has 3 heteroatoms. The van der Waals surface area contributed by atoms with E-state index in [0.29, 0.717) is 0 Å². The van der Waals surface area contributed by atoms with Gasteiger partial charge in [0, 0.05) is 0 Å². The van der Waals surface area contributed by atoms with Crippen LogP contribution in [0.5, 0.6) is 0 Å². The summed E-state index contributed by atoms with van der Waals surface area (Å²) in [6.07, 6.45) is 0. The number of carbonyl (C=O) groups excluding carboxylic acids is 1. The topological polar surface area (TPSA) is 55.1 Å². The molecule has 0 aromatic heterocycles. The van der Waals surface area contributed by atoms with Gasteiger partial charge in [0.05, 0.1) is 0 Å². The molecule has 1 atom stereocenters. The van der Waals surface area contributed by atoms with Gasteiger partial charge in [-0.3, -0.25) is 4.79 Å². The molecule has 0 aliphatic heterocycles. The molecular formula is C9H12N2O. The fourth-order valence-electron chi connectivity index (χ4n) is 1.12. The van der Waals surface area contributed by atoms with Crippen molar-refractivity contribution in [3.63, 3.8) is 0 Å². The lowest BCUT2D eigenvalue weighted by atomic mass is 10.1. The monoisotopic (exact) mass is 164 g/mol. The van der Waals surface area contributed by atoms with Crippen LogP contribution >= 0.6 is 0 Å². The minimum Gasteiger partial charge on any atom is -0.368 e. The van der Waals surface area contributed by atoms with E-state index in [1.165, 1.54) is 0 Å². The smallest absolute Gasteiger partial charge is 0.239 e. The van der Waals surface area contributed by atoms with Crippen molar-refractivity contribution >= 4 is 5.91 Å². The van der Waals surface area contributed by atoms with Crippen LogP contribution < -0.4 is 11.1 Å². The normalized spacial score (nSPS) is 12.4. The third kappa shape index (κ3) is 1.83. The van der Waals surface area contributed by atoms with Crippen molar-refractivity contribution in [1.29, 1.82) is 0 Å². The quantitative estimate of drug-likeness (QED) is 0.680. The SMILES string of the molecule is CN[C@H](C(N)=O)c1ccccc1. The molecule has 1 amide bonds. The molecule has 3 N–H and O–H groups in total. The van der Waals surface area contributed by atoms with Crippen LogP contribution in [0.2, 0.25) is 0 Å². The molecule has 0 radical (unpaired) electrons. The number of rotatable bonds is 3. The maximum Gasteiger partial charge on any atom is 0.239 e. The highest BCUT2D eigenvalue weighted by Crippen LogP contribution is 2.10. The van der Waals surface area contributed by atoms with Gasteiger partial charge in [0.1, 0.15) is 6.04 Å². The predicted octanol–water partition coefficient (Wildman–Crippen LogP) is 0.432. The maximum absolute atomic E-state index is 10.9. The zero-order valence-electron chi connectivity index (χ0n) is 6.95. The van der Waals surface area contributed by atoms with Crippen LogP contribution in [-0.4, -0.2) is 13.0 Å². The van der Waals surface area contributed by atoms with E-state index in [1.807, 2.05) is 30.3 Å². The third-order valence-corrected chi connectivity index (χ3v) is 1.71. The fraction of sp³-hybridized carbons (Fsp3) is 0.222. The van der Waals surface area contributed by atoms with Crippen LogP contribution in [0.15, 0.2) is 30.3 Å². The number of nitrogens with one attached hydrogen (secondary N) is 1. The van der Waals surface area contributed by atoms with Gasteiger partial charge in [0.2, 0.25) is 5.91 Å². The van der Waals surface area contributed by atoms with Crippen molar-refractivity contribution in [3.8, 4) is 0 Å². The summed E-state index contributed by atoms with van der Waals surface area (Å²) >= 11 is 0. The Morgan fingerprint density at radius 2 is 2.00 bits per heavy atom. The van der Waals surface area contributed by atoms with Crippen molar-refractivity contribution < 1.29 is 4.79 Å². The first-order chi connectivity index (χ1) is 5.75. The molecule has 64 valence electrons. The van der Waals surface area contributed by atoms with Gasteiger partial charge in [0.25, 0.3) is 0 Å². The van der Waals surface area contributed by atoms with Crippen LogP contribution in [0.1, 0.15) is 11.6 Å². The lowest BCUT2D eigenvalue weighted by Gasteiger charge is -2.11. The molecule has 1 aromatic carbocycles. The molecule has 12 heavy (non-hydrogen) atoms. The number of benzene rings is 1. The molecule has 3 nitrogen and oxygen atoms in total. The van der Waals surface area contributed by atoms with E-state index in [1.54, 1.807) is 7.05 Å². The second-order valence-corrected chi connectivity index (χ2v) is 2.53. The van der Waals surface area contributed by atoms with E-state index < -0.39 is 0 Å². The van der Waals surface area contributed by atoms with Crippen LogP contribution in [-0.2, 0) is 4.79 Å². The second-order valence-electron chi connectivity index (χ2n) is 2.53. The van der Waals surface area contributed by atoms with Gasteiger partial charge in [-0.05, 0) is 12.6 Å². The maximum atomic E-state index is 10.9. The van der Waals surface area contributed by atoms with Crippen LogP contribution in [0, 0.1) is 0 Å². The van der Waals surface area contributed by atoms with Crippen molar-refractivity contribution in [3.05, 3.63) is 35.9 Å². The highest BCUT2D eigenvalue weighted by Gasteiger charge is 2.13. The Labute approximate surface area is 71.6 Å². The molecule has 1 rings (SSSR count). The zero-order valence-corrected chi connectivity index (χ0v) is 6.95. The molecule has 0 unspecified atom stereocenters. The predicted molar refractivity (Wildman–Crippen MR) is 47.4 cm³/mol. The van der Waals surface area contributed by atoms with Gasteiger partial charge in [-0.1, -0.05) is 30.3 Å². The standard InChI is InChI=1S/C9H12N2O/c1-11-8(9(10)12)7-5-3-2-4-6-7/h2-6,8,11H,1H3,(H2,10,12)/t8-/m0/s1. The van der Waals surface area contributed by atoms with Crippen molar-refractivity contribution in [2.45, 2.75) is 6.04 Å². The molecular weight excluding hydrogens is 152 g/mol. The van der Waals surface area contributed by atoms with E-state index >= 15 is 0 Å². The fourth-order valence-corrected chi connectivity index (χ4v) is 1.12. The molecule has 0 bridgehead atoms. The van der Waals surface area contributed by atoms with Crippen molar-refractivity contribution in [1.82, 2.24) is 5.32 Å². The van der Waals surface area contributed by atoms with Gasteiger partial charge in [0.15, 0.2) is 0 Å². The molecule has 0 spiro atoms. The Morgan fingerprint density at radius 1 is 1.42 bits per heavy atom. The van der Waals surface area contributed by atoms with Gasteiger partial charge in [-0.25, -0.2) is 0 Å².